The number of methoxy groups -OCH3 is 2. The van der Waals surface area contributed by atoms with Gasteiger partial charge in [0.2, 0.25) is 17.0 Å². The second kappa shape index (κ2) is 10.5. The van der Waals surface area contributed by atoms with Crippen LogP contribution in [0.1, 0.15) is 32.9 Å². The van der Waals surface area contributed by atoms with Crippen LogP contribution in [0.4, 0.5) is 0 Å². The second-order valence-electron chi connectivity index (χ2n) is 7.59. The van der Waals surface area contributed by atoms with Gasteiger partial charge in [-0.05, 0) is 63.5 Å². The SMILES string of the molecule is COc1ccc(C(=O)c2c(C(=O)NCCCN(C)C)oc3ccc(Cl)cc3c2=O)cc1OC. The zero-order chi connectivity index (χ0) is 24.1. The minimum absolute atomic E-state index is 0.107. The van der Waals surface area contributed by atoms with Crippen molar-refractivity contribution in [3.8, 4) is 11.5 Å². The first-order chi connectivity index (χ1) is 15.8. The molecule has 1 N–H and O–H groups in total. The Morgan fingerprint density at radius 3 is 2.45 bits per heavy atom. The molecular weight excluding hydrogens is 448 g/mol. The van der Waals surface area contributed by atoms with Gasteiger partial charge < -0.3 is 24.1 Å². The number of nitrogens with zero attached hydrogens (tertiary/aromatic N) is 1. The quantitative estimate of drug-likeness (QED) is 0.376. The van der Waals surface area contributed by atoms with E-state index in [-0.39, 0.29) is 27.9 Å². The highest BCUT2D eigenvalue weighted by Gasteiger charge is 2.27. The maximum absolute atomic E-state index is 13.4. The van der Waals surface area contributed by atoms with Crippen LogP contribution in [0.15, 0.2) is 45.6 Å². The minimum Gasteiger partial charge on any atom is -0.493 e. The Balaban J connectivity index is 2.10. The highest BCUT2D eigenvalue weighted by molar-refractivity contribution is 6.31. The first kappa shape index (κ1) is 24.3. The highest BCUT2D eigenvalue weighted by atomic mass is 35.5. The normalized spacial score (nSPS) is 11.0. The topological polar surface area (TPSA) is 98.1 Å². The van der Waals surface area contributed by atoms with E-state index in [2.05, 4.69) is 5.32 Å². The molecule has 0 aliphatic rings. The van der Waals surface area contributed by atoms with Gasteiger partial charge in [-0.1, -0.05) is 11.6 Å². The fourth-order valence-electron chi connectivity index (χ4n) is 3.33. The van der Waals surface area contributed by atoms with Gasteiger partial charge in [-0.3, -0.25) is 14.4 Å². The van der Waals surface area contributed by atoms with Crippen LogP contribution in [0.2, 0.25) is 5.02 Å². The van der Waals surface area contributed by atoms with E-state index in [1.807, 2.05) is 19.0 Å². The average molecular weight is 473 g/mol. The molecule has 0 unspecified atom stereocenters. The third kappa shape index (κ3) is 5.35. The summed E-state index contributed by atoms with van der Waals surface area (Å²) in [5.41, 5.74) is -0.714. The molecule has 2 aromatic carbocycles. The van der Waals surface area contributed by atoms with Crippen molar-refractivity contribution in [1.82, 2.24) is 10.2 Å². The zero-order valence-electron chi connectivity index (χ0n) is 18.9. The number of hydrogen-bond donors (Lipinski definition) is 1. The van der Waals surface area contributed by atoms with Crippen LogP contribution in [0.25, 0.3) is 11.0 Å². The Labute approximate surface area is 196 Å². The molecule has 0 aliphatic carbocycles. The van der Waals surface area contributed by atoms with E-state index in [4.69, 9.17) is 25.5 Å². The predicted octanol–water partition coefficient (Wildman–Crippen LogP) is 3.38. The third-order valence-corrected chi connectivity index (χ3v) is 5.23. The molecule has 0 radical (unpaired) electrons. The molecule has 0 bridgehead atoms. The number of hydrogen-bond acceptors (Lipinski definition) is 7. The van der Waals surface area contributed by atoms with Gasteiger partial charge in [0.25, 0.3) is 5.91 Å². The van der Waals surface area contributed by atoms with Gasteiger partial charge in [0.05, 0.1) is 19.6 Å². The Kier molecular flexibility index (Phi) is 7.73. The fourth-order valence-corrected chi connectivity index (χ4v) is 3.50. The number of ketones is 1. The summed E-state index contributed by atoms with van der Waals surface area (Å²) in [5, 5.41) is 3.14. The van der Waals surface area contributed by atoms with Crippen LogP contribution >= 0.6 is 11.6 Å². The molecule has 3 rings (SSSR count). The average Bonchev–Trinajstić information content (AvgIpc) is 2.80. The van der Waals surface area contributed by atoms with Crippen molar-refractivity contribution in [2.75, 3.05) is 41.4 Å². The summed E-state index contributed by atoms with van der Waals surface area (Å²) < 4.78 is 16.2. The van der Waals surface area contributed by atoms with Crippen molar-refractivity contribution in [3.63, 3.8) is 0 Å². The molecule has 0 aliphatic heterocycles. The van der Waals surface area contributed by atoms with E-state index in [0.717, 1.165) is 6.54 Å². The van der Waals surface area contributed by atoms with Crippen molar-refractivity contribution in [3.05, 3.63) is 68.5 Å². The Hall–Kier alpha value is -3.36. The number of fused-ring (bicyclic) bond motifs is 1. The smallest absolute Gasteiger partial charge is 0.287 e. The maximum atomic E-state index is 13.4. The monoisotopic (exact) mass is 472 g/mol. The number of amides is 1. The van der Waals surface area contributed by atoms with E-state index in [9.17, 15) is 14.4 Å². The Morgan fingerprint density at radius 1 is 1.06 bits per heavy atom. The second-order valence-corrected chi connectivity index (χ2v) is 8.02. The van der Waals surface area contributed by atoms with Crippen LogP contribution in [0.5, 0.6) is 11.5 Å². The molecule has 1 amide bonds. The molecule has 0 atom stereocenters. The summed E-state index contributed by atoms with van der Waals surface area (Å²) in [6, 6.07) is 8.93. The molecule has 9 heteroatoms. The molecular formula is C24H25ClN2O6. The van der Waals surface area contributed by atoms with Gasteiger partial charge in [-0.25, -0.2) is 0 Å². The summed E-state index contributed by atoms with van der Waals surface area (Å²) in [6.07, 6.45) is 0.686. The molecule has 1 heterocycles. The number of carbonyl (C=O) groups excluding carboxylic acids is 2. The molecule has 1 aromatic heterocycles. The molecule has 174 valence electrons. The van der Waals surface area contributed by atoms with Gasteiger partial charge in [0, 0.05) is 17.1 Å². The van der Waals surface area contributed by atoms with Gasteiger partial charge in [-0.15, -0.1) is 0 Å². The lowest BCUT2D eigenvalue weighted by atomic mass is 9.99. The van der Waals surface area contributed by atoms with E-state index >= 15 is 0 Å². The summed E-state index contributed by atoms with van der Waals surface area (Å²) in [4.78, 5) is 41.7. The lowest BCUT2D eigenvalue weighted by molar-refractivity contribution is 0.0912. The summed E-state index contributed by atoms with van der Waals surface area (Å²) >= 11 is 6.05. The molecule has 0 saturated carbocycles. The van der Waals surface area contributed by atoms with Crippen LogP contribution in [-0.2, 0) is 0 Å². The van der Waals surface area contributed by atoms with Crippen molar-refractivity contribution in [2.24, 2.45) is 0 Å². The van der Waals surface area contributed by atoms with Crippen LogP contribution in [0.3, 0.4) is 0 Å². The van der Waals surface area contributed by atoms with Crippen LogP contribution in [-0.4, -0.2) is 58.0 Å². The molecule has 33 heavy (non-hydrogen) atoms. The van der Waals surface area contributed by atoms with Gasteiger partial charge >= 0.3 is 0 Å². The van der Waals surface area contributed by atoms with Crippen molar-refractivity contribution < 1.29 is 23.5 Å². The molecule has 0 fully saturated rings. The van der Waals surface area contributed by atoms with Gasteiger partial charge in [0.1, 0.15) is 11.1 Å². The molecule has 0 saturated heterocycles. The lowest BCUT2D eigenvalue weighted by Gasteiger charge is -2.13. The van der Waals surface area contributed by atoms with Crippen molar-refractivity contribution in [2.45, 2.75) is 6.42 Å². The first-order valence-electron chi connectivity index (χ1n) is 10.2. The third-order valence-electron chi connectivity index (χ3n) is 5.00. The molecule has 3 aromatic rings. The largest absolute Gasteiger partial charge is 0.493 e. The van der Waals surface area contributed by atoms with E-state index < -0.39 is 17.1 Å². The van der Waals surface area contributed by atoms with Crippen molar-refractivity contribution >= 4 is 34.3 Å². The highest BCUT2D eigenvalue weighted by Crippen LogP contribution is 2.29. The summed E-state index contributed by atoms with van der Waals surface area (Å²) in [6.45, 7) is 1.11. The number of nitrogens with one attached hydrogen (secondary N) is 1. The lowest BCUT2D eigenvalue weighted by Crippen LogP contribution is -2.31. The van der Waals surface area contributed by atoms with Crippen LogP contribution in [0, 0.1) is 0 Å². The minimum atomic E-state index is -0.676. The first-order valence-corrected chi connectivity index (χ1v) is 10.6. The Bertz CT molecular complexity index is 1250. The zero-order valence-corrected chi connectivity index (χ0v) is 19.6. The van der Waals surface area contributed by atoms with Crippen molar-refractivity contribution in [1.29, 1.82) is 0 Å². The Morgan fingerprint density at radius 2 is 1.79 bits per heavy atom. The van der Waals surface area contributed by atoms with E-state index in [1.165, 1.54) is 38.5 Å². The maximum Gasteiger partial charge on any atom is 0.287 e. The predicted molar refractivity (Wildman–Crippen MR) is 126 cm³/mol. The summed E-state index contributed by atoms with van der Waals surface area (Å²) in [5.74, 6) is -0.937. The number of ether oxygens (including phenoxy) is 2. The number of halogens is 1. The van der Waals surface area contributed by atoms with Gasteiger partial charge in [0.15, 0.2) is 11.5 Å². The standard InChI is InChI=1S/C24H25ClN2O6/c1-27(2)11-5-10-26-24(30)23-20(22(29)16-13-15(25)7-9-17(16)33-23)21(28)14-6-8-18(31-3)19(12-14)32-4/h6-9,12-13H,5,10-11H2,1-4H3,(H,26,30). The molecule has 8 nitrogen and oxygen atoms in total. The number of carbonyl (C=O) groups is 2. The van der Waals surface area contributed by atoms with Crippen LogP contribution < -0.4 is 20.2 Å². The summed E-state index contributed by atoms with van der Waals surface area (Å²) in [7, 11) is 6.76. The number of benzene rings is 2. The number of rotatable bonds is 9. The van der Waals surface area contributed by atoms with E-state index in [1.54, 1.807) is 12.1 Å². The molecule has 0 spiro atoms. The van der Waals surface area contributed by atoms with Gasteiger partial charge in [-0.2, -0.15) is 0 Å². The van der Waals surface area contributed by atoms with E-state index in [0.29, 0.717) is 29.5 Å². The fraction of sp³-hybridized carbons (Fsp3) is 0.292.